The van der Waals surface area contributed by atoms with Gasteiger partial charge in [-0.1, -0.05) is 30.3 Å². The van der Waals surface area contributed by atoms with Crippen molar-refractivity contribution in [1.29, 1.82) is 0 Å². The van der Waals surface area contributed by atoms with Crippen LogP contribution in [0.3, 0.4) is 0 Å². The minimum atomic E-state index is 0.872. The third-order valence-electron chi connectivity index (χ3n) is 4.27. The second kappa shape index (κ2) is 4.31. The Bertz CT molecular complexity index is 1030. The van der Waals surface area contributed by atoms with Crippen LogP contribution in [-0.2, 0) is 6.42 Å². The summed E-state index contributed by atoms with van der Waals surface area (Å²) in [4.78, 5) is 0. The summed E-state index contributed by atoms with van der Waals surface area (Å²) in [5.74, 6) is 1.88. The number of hydrogen-bond donors (Lipinski definition) is 0. The smallest absolute Gasteiger partial charge is 0.361 e. The monoisotopic (exact) mass is 285 g/mol. The van der Waals surface area contributed by atoms with E-state index in [1.165, 1.54) is 11.1 Å². The molecular formula is C20H13O2+. The van der Waals surface area contributed by atoms with Gasteiger partial charge in [0, 0.05) is 24.1 Å². The molecule has 0 unspecified atom stereocenters. The SMILES string of the molecule is c1ccc2c(c1)Cc1c(ccc3[o+]c4ccccc4cc13)O2. The molecule has 2 heterocycles. The van der Waals surface area contributed by atoms with Crippen molar-refractivity contribution in [2.24, 2.45) is 0 Å². The van der Waals surface area contributed by atoms with Crippen molar-refractivity contribution in [1.82, 2.24) is 0 Å². The molecule has 2 heteroatoms. The largest absolute Gasteiger partial charge is 0.457 e. The topological polar surface area (TPSA) is 20.5 Å². The van der Waals surface area contributed by atoms with Crippen molar-refractivity contribution in [3.8, 4) is 11.5 Å². The summed E-state index contributed by atoms with van der Waals surface area (Å²) in [5, 5.41) is 2.24. The van der Waals surface area contributed by atoms with Gasteiger partial charge in [0.25, 0.3) is 0 Å². The molecule has 0 bridgehead atoms. The molecule has 0 N–H and O–H groups in total. The number of hydrogen-bond acceptors (Lipinski definition) is 1. The summed E-state index contributed by atoms with van der Waals surface area (Å²) in [6.07, 6.45) is 0.872. The first-order valence-electron chi connectivity index (χ1n) is 7.42. The molecule has 0 radical (unpaired) electrons. The van der Waals surface area contributed by atoms with E-state index in [0.29, 0.717) is 0 Å². The molecule has 1 aliphatic heterocycles. The van der Waals surface area contributed by atoms with Gasteiger partial charge in [-0.3, -0.25) is 0 Å². The van der Waals surface area contributed by atoms with Gasteiger partial charge in [-0.25, -0.2) is 4.42 Å². The average molecular weight is 285 g/mol. The Labute approximate surface area is 127 Å². The summed E-state index contributed by atoms with van der Waals surface area (Å²) < 4.78 is 12.1. The number of ether oxygens (including phenoxy) is 1. The first-order valence-corrected chi connectivity index (χ1v) is 7.42. The van der Waals surface area contributed by atoms with Gasteiger partial charge in [-0.2, -0.15) is 0 Å². The molecule has 2 nitrogen and oxygen atoms in total. The van der Waals surface area contributed by atoms with Crippen LogP contribution >= 0.6 is 0 Å². The molecule has 0 atom stereocenters. The van der Waals surface area contributed by atoms with E-state index < -0.39 is 0 Å². The van der Waals surface area contributed by atoms with Crippen LogP contribution in [0.4, 0.5) is 0 Å². The third kappa shape index (κ3) is 1.64. The van der Waals surface area contributed by atoms with E-state index >= 15 is 0 Å². The minimum absolute atomic E-state index is 0.872. The molecule has 22 heavy (non-hydrogen) atoms. The minimum Gasteiger partial charge on any atom is -0.457 e. The number of rotatable bonds is 0. The summed E-state index contributed by atoms with van der Waals surface area (Å²) in [7, 11) is 0. The fraction of sp³-hybridized carbons (Fsp3) is 0.0500. The van der Waals surface area contributed by atoms with Crippen LogP contribution in [0.2, 0.25) is 0 Å². The molecule has 0 aliphatic carbocycles. The van der Waals surface area contributed by atoms with Crippen molar-refractivity contribution >= 4 is 21.9 Å². The van der Waals surface area contributed by atoms with Crippen molar-refractivity contribution in [2.75, 3.05) is 0 Å². The fourth-order valence-electron chi connectivity index (χ4n) is 3.17. The number of fused-ring (bicyclic) bond motifs is 5. The Morgan fingerprint density at radius 1 is 0.773 bits per heavy atom. The van der Waals surface area contributed by atoms with Crippen molar-refractivity contribution in [3.63, 3.8) is 0 Å². The van der Waals surface area contributed by atoms with E-state index in [4.69, 9.17) is 9.15 Å². The highest BCUT2D eigenvalue weighted by molar-refractivity contribution is 5.93. The van der Waals surface area contributed by atoms with Gasteiger partial charge in [-0.05, 0) is 29.8 Å². The van der Waals surface area contributed by atoms with E-state index in [1.54, 1.807) is 0 Å². The van der Waals surface area contributed by atoms with Gasteiger partial charge in [0.2, 0.25) is 0 Å². The molecule has 104 valence electrons. The summed E-state index contributed by atoms with van der Waals surface area (Å²) in [6, 6.07) is 22.5. The lowest BCUT2D eigenvalue weighted by Gasteiger charge is -2.20. The molecule has 0 saturated heterocycles. The predicted molar refractivity (Wildman–Crippen MR) is 87.4 cm³/mol. The Hall–Kier alpha value is -2.87. The van der Waals surface area contributed by atoms with Crippen LogP contribution < -0.4 is 4.74 Å². The lowest BCUT2D eigenvalue weighted by molar-refractivity contribution is 0.461. The Morgan fingerprint density at radius 2 is 1.64 bits per heavy atom. The third-order valence-corrected chi connectivity index (χ3v) is 4.27. The molecule has 0 amide bonds. The molecule has 0 spiro atoms. The van der Waals surface area contributed by atoms with Gasteiger partial charge >= 0.3 is 11.2 Å². The maximum Gasteiger partial charge on any atom is 0.361 e. The number of benzene rings is 3. The summed E-state index contributed by atoms with van der Waals surface area (Å²) in [5.41, 5.74) is 4.23. The fourth-order valence-corrected chi connectivity index (χ4v) is 3.17. The lowest BCUT2D eigenvalue weighted by Crippen LogP contribution is -2.03. The second-order valence-electron chi connectivity index (χ2n) is 5.62. The Kier molecular flexibility index (Phi) is 2.30. The summed E-state index contributed by atoms with van der Waals surface area (Å²) in [6.45, 7) is 0. The predicted octanol–water partition coefficient (Wildman–Crippen LogP) is 5.56. The average Bonchev–Trinajstić information content (AvgIpc) is 2.58. The Balaban J connectivity index is 1.81. The van der Waals surface area contributed by atoms with E-state index in [2.05, 4.69) is 24.3 Å². The molecule has 1 aromatic heterocycles. The molecule has 4 aromatic rings. The van der Waals surface area contributed by atoms with Gasteiger partial charge in [0.05, 0.1) is 10.8 Å². The van der Waals surface area contributed by atoms with Crippen molar-refractivity contribution in [3.05, 3.63) is 77.9 Å². The number of para-hydroxylation sites is 2. The van der Waals surface area contributed by atoms with E-state index in [-0.39, 0.29) is 0 Å². The zero-order valence-electron chi connectivity index (χ0n) is 11.9. The summed E-state index contributed by atoms with van der Waals surface area (Å²) >= 11 is 0. The Morgan fingerprint density at radius 3 is 2.64 bits per heavy atom. The lowest BCUT2D eigenvalue weighted by atomic mass is 9.96. The molecule has 0 saturated carbocycles. The van der Waals surface area contributed by atoms with Crippen LogP contribution in [0.1, 0.15) is 11.1 Å². The molecular weight excluding hydrogens is 272 g/mol. The van der Waals surface area contributed by atoms with Crippen LogP contribution in [0.25, 0.3) is 21.9 Å². The molecule has 0 fully saturated rings. The molecule has 5 rings (SSSR count). The van der Waals surface area contributed by atoms with Crippen LogP contribution in [0.5, 0.6) is 11.5 Å². The van der Waals surface area contributed by atoms with Crippen molar-refractivity contribution in [2.45, 2.75) is 6.42 Å². The first kappa shape index (κ1) is 11.8. The first-order chi connectivity index (χ1) is 10.9. The highest BCUT2D eigenvalue weighted by Gasteiger charge is 2.23. The van der Waals surface area contributed by atoms with Crippen molar-refractivity contribution < 1.29 is 9.15 Å². The zero-order chi connectivity index (χ0) is 14.5. The molecule has 3 aromatic carbocycles. The second-order valence-corrected chi connectivity index (χ2v) is 5.62. The molecule has 1 aliphatic rings. The zero-order valence-corrected chi connectivity index (χ0v) is 11.9. The van der Waals surface area contributed by atoms with Crippen LogP contribution in [-0.4, -0.2) is 0 Å². The maximum atomic E-state index is 6.06. The van der Waals surface area contributed by atoms with Gasteiger partial charge < -0.3 is 4.74 Å². The van der Waals surface area contributed by atoms with E-state index in [1.807, 2.05) is 42.5 Å². The normalized spacial score (nSPS) is 12.7. The quantitative estimate of drug-likeness (QED) is 0.274. The highest BCUT2D eigenvalue weighted by Crippen LogP contribution is 2.40. The standard InChI is InChI=1S/C20H13O2/c1-3-7-17-13(5-1)11-15-16-12-14-6-2-4-8-18(14)22-20(16)10-9-19(15)21-17/h1-11H,12H2/q+1. The van der Waals surface area contributed by atoms with Crippen LogP contribution in [0.15, 0.2) is 71.1 Å². The van der Waals surface area contributed by atoms with E-state index in [0.717, 1.165) is 39.9 Å². The maximum absolute atomic E-state index is 6.06. The highest BCUT2D eigenvalue weighted by atomic mass is 16.5. The van der Waals surface area contributed by atoms with Gasteiger partial charge in [0.15, 0.2) is 0 Å². The van der Waals surface area contributed by atoms with Gasteiger partial charge in [0.1, 0.15) is 11.5 Å². The van der Waals surface area contributed by atoms with Crippen LogP contribution in [0, 0.1) is 0 Å². The van der Waals surface area contributed by atoms with E-state index in [9.17, 15) is 0 Å². The van der Waals surface area contributed by atoms with Gasteiger partial charge in [-0.15, -0.1) is 0 Å².